The number of amides is 1. The molecule has 2 heterocycles. The van der Waals surface area contributed by atoms with Crippen LogP contribution in [0.25, 0.3) is 10.9 Å². The van der Waals surface area contributed by atoms with Crippen LogP contribution in [0.15, 0.2) is 36.5 Å². The summed E-state index contributed by atoms with van der Waals surface area (Å²) in [6.07, 6.45) is 2.39. The molecule has 0 bridgehead atoms. The van der Waals surface area contributed by atoms with Crippen molar-refractivity contribution in [1.29, 1.82) is 0 Å². The smallest absolute Gasteiger partial charge is 0.236 e. The number of aromatic nitrogens is 3. The fourth-order valence-corrected chi connectivity index (χ4v) is 2.77. The molecule has 0 radical (unpaired) electrons. The lowest BCUT2D eigenvalue weighted by Gasteiger charge is -2.08. The van der Waals surface area contributed by atoms with E-state index in [2.05, 4.69) is 33.2 Å². The third kappa shape index (κ3) is 2.92. The number of ether oxygens (including phenoxy) is 1. The van der Waals surface area contributed by atoms with E-state index in [9.17, 15) is 4.79 Å². The fourth-order valence-electron chi connectivity index (χ4n) is 2.77. The van der Waals surface area contributed by atoms with E-state index >= 15 is 0 Å². The van der Waals surface area contributed by atoms with Crippen molar-refractivity contribution in [3.63, 3.8) is 0 Å². The van der Waals surface area contributed by atoms with Crippen LogP contribution in [0, 0.1) is 6.92 Å². The van der Waals surface area contributed by atoms with Gasteiger partial charge in [0.15, 0.2) is 0 Å². The molecule has 0 saturated carbocycles. The number of nitrogens with zero attached hydrogens (tertiary/aromatic N) is 3. The molecule has 0 aliphatic heterocycles. The maximum atomic E-state index is 12.3. The molecule has 120 valence electrons. The number of anilines is 1. The lowest BCUT2D eigenvalue weighted by molar-refractivity contribution is -0.116. The maximum Gasteiger partial charge on any atom is 0.236 e. The van der Waals surface area contributed by atoms with Gasteiger partial charge in [-0.15, -0.1) is 0 Å². The average molecular weight is 312 g/mol. The van der Waals surface area contributed by atoms with Gasteiger partial charge in [-0.3, -0.25) is 4.79 Å². The molecule has 0 spiro atoms. The Kier molecular flexibility index (Phi) is 4.06. The number of fused-ring (bicyclic) bond motifs is 1. The number of para-hydroxylation sites is 1. The molecule has 1 N–H and O–H groups in total. The minimum Gasteiger partial charge on any atom is -0.480 e. The summed E-state index contributed by atoms with van der Waals surface area (Å²) in [5, 5.41) is 8.34. The zero-order valence-corrected chi connectivity index (χ0v) is 13.5. The highest BCUT2D eigenvalue weighted by Crippen LogP contribution is 2.27. The van der Waals surface area contributed by atoms with Crippen LogP contribution in [0.2, 0.25) is 0 Å². The van der Waals surface area contributed by atoms with E-state index in [1.165, 1.54) is 5.39 Å². The highest BCUT2D eigenvalue weighted by molar-refractivity contribution is 5.92. The molecule has 0 unspecified atom stereocenters. The van der Waals surface area contributed by atoms with Gasteiger partial charge < -0.3 is 14.6 Å². The number of nitrogens with one attached hydrogen (secondary N) is 1. The van der Waals surface area contributed by atoms with Crippen molar-refractivity contribution in [2.45, 2.75) is 19.9 Å². The largest absolute Gasteiger partial charge is 0.480 e. The number of aryl methyl sites for hydroxylation is 3. The number of benzene rings is 1. The molecular formula is C17H20N4O2. The molecule has 3 rings (SSSR count). The van der Waals surface area contributed by atoms with Crippen molar-refractivity contribution in [2.75, 3.05) is 12.4 Å². The SMILES string of the molecule is COc1c(NC(=O)CCn2ccc3ccccc32)c(C)nn1C. The lowest BCUT2D eigenvalue weighted by Crippen LogP contribution is -2.15. The molecule has 0 saturated heterocycles. The molecule has 3 aromatic rings. The van der Waals surface area contributed by atoms with E-state index in [1.807, 2.05) is 25.3 Å². The second-order valence-electron chi connectivity index (χ2n) is 5.46. The Morgan fingerprint density at radius 3 is 2.87 bits per heavy atom. The van der Waals surface area contributed by atoms with Crippen LogP contribution in [0.5, 0.6) is 5.88 Å². The summed E-state index contributed by atoms with van der Waals surface area (Å²) in [5.74, 6) is 0.499. The van der Waals surface area contributed by atoms with Gasteiger partial charge in [-0.2, -0.15) is 5.10 Å². The Morgan fingerprint density at radius 2 is 2.09 bits per heavy atom. The summed E-state index contributed by atoms with van der Waals surface area (Å²) in [6, 6.07) is 10.2. The lowest BCUT2D eigenvalue weighted by atomic mass is 10.2. The number of methoxy groups -OCH3 is 1. The van der Waals surface area contributed by atoms with Crippen LogP contribution in [0.4, 0.5) is 5.69 Å². The van der Waals surface area contributed by atoms with Gasteiger partial charge >= 0.3 is 0 Å². The summed E-state index contributed by atoms with van der Waals surface area (Å²) in [5.41, 5.74) is 2.51. The van der Waals surface area contributed by atoms with E-state index in [0.29, 0.717) is 24.5 Å². The fraction of sp³-hybridized carbons (Fsp3) is 0.294. The molecule has 6 heteroatoms. The van der Waals surface area contributed by atoms with Gasteiger partial charge in [-0.25, -0.2) is 4.68 Å². The van der Waals surface area contributed by atoms with Crippen LogP contribution in [-0.4, -0.2) is 27.4 Å². The molecule has 0 aliphatic carbocycles. The van der Waals surface area contributed by atoms with Crippen LogP contribution in [0.3, 0.4) is 0 Å². The van der Waals surface area contributed by atoms with Gasteiger partial charge in [0, 0.05) is 31.7 Å². The van der Waals surface area contributed by atoms with Gasteiger partial charge in [0.25, 0.3) is 0 Å². The number of rotatable bonds is 5. The minimum absolute atomic E-state index is 0.0582. The van der Waals surface area contributed by atoms with Gasteiger partial charge in [0.1, 0.15) is 5.69 Å². The van der Waals surface area contributed by atoms with Crippen molar-refractivity contribution in [3.8, 4) is 5.88 Å². The molecule has 1 aromatic carbocycles. The van der Waals surface area contributed by atoms with Gasteiger partial charge in [-0.1, -0.05) is 18.2 Å². The van der Waals surface area contributed by atoms with Crippen molar-refractivity contribution in [3.05, 3.63) is 42.2 Å². The zero-order chi connectivity index (χ0) is 16.4. The summed E-state index contributed by atoms with van der Waals surface area (Å²) < 4.78 is 8.99. The third-order valence-corrected chi connectivity index (χ3v) is 3.89. The van der Waals surface area contributed by atoms with E-state index in [4.69, 9.17) is 4.74 Å². The number of carbonyl (C=O) groups excluding carboxylic acids is 1. The molecule has 2 aromatic heterocycles. The normalized spacial score (nSPS) is 10.9. The standard InChI is InChI=1S/C17H20N4O2/c1-12-16(17(23-3)20(2)19-12)18-15(22)9-11-21-10-8-13-6-4-5-7-14(13)21/h4-8,10H,9,11H2,1-3H3,(H,18,22). The molecular weight excluding hydrogens is 292 g/mol. The summed E-state index contributed by atoms with van der Waals surface area (Å²) in [7, 11) is 3.35. The Labute approximate surface area is 134 Å². The summed E-state index contributed by atoms with van der Waals surface area (Å²) in [4.78, 5) is 12.3. The van der Waals surface area contributed by atoms with Gasteiger partial charge in [0.2, 0.25) is 11.8 Å². The van der Waals surface area contributed by atoms with Crippen LogP contribution < -0.4 is 10.1 Å². The number of hydrogen-bond donors (Lipinski definition) is 1. The van der Waals surface area contributed by atoms with Gasteiger partial charge in [0.05, 0.1) is 12.8 Å². The molecule has 6 nitrogen and oxygen atoms in total. The second kappa shape index (κ2) is 6.16. The summed E-state index contributed by atoms with van der Waals surface area (Å²) in [6.45, 7) is 2.47. The Hall–Kier alpha value is -2.76. The first-order valence-electron chi connectivity index (χ1n) is 7.51. The Bertz CT molecular complexity index is 848. The molecule has 0 fully saturated rings. The van der Waals surface area contributed by atoms with E-state index in [1.54, 1.807) is 18.8 Å². The number of hydrogen-bond acceptors (Lipinski definition) is 3. The number of carbonyl (C=O) groups is 1. The molecule has 23 heavy (non-hydrogen) atoms. The first-order valence-corrected chi connectivity index (χ1v) is 7.51. The molecule has 0 aliphatic rings. The maximum absolute atomic E-state index is 12.3. The third-order valence-electron chi connectivity index (χ3n) is 3.89. The Balaban J connectivity index is 1.69. The highest BCUT2D eigenvalue weighted by atomic mass is 16.5. The van der Waals surface area contributed by atoms with Gasteiger partial charge in [-0.05, 0) is 24.4 Å². The monoisotopic (exact) mass is 312 g/mol. The van der Waals surface area contributed by atoms with E-state index < -0.39 is 0 Å². The predicted octanol–water partition coefficient (Wildman–Crippen LogP) is 2.72. The highest BCUT2D eigenvalue weighted by Gasteiger charge is 2.16. The van der Waals surface area contributed by atoms with Crippen molar-refractivity contribution in [2.24, 2.45) is 7.05 Å². The van der Waals surface area contributed by atoms with Crippen LogP contribution >= 0.6 is 0 Å². The molecule has 0 atom stereocenters. The molecule has 1 amide bonds. The van der Waals surface area contributed by atoms with Crippen molar-refractivity contribution in [1.82, 2.24) is 14.3 Å². The topological polar surface area (TPSA) is 61.1 Å². The quantitative estimate of drug-likeness (QED) is 0.788. The van der Waals surface area contributed by atoms with Crippen LogP contribution in [-0.2, 0) is 18.4 Å². The first kappa shape index (κ1) is 15.1. The van der Waals surface area contributed by atoms with Crippen molar-refractivity contribution < 1.29 is 9.53 Å². The van der Waals surface area contributed by atoms with Crippen LogP contribution in [0.1, 0.15) is 12.1 Å². The second-order valence-corrected chi connectivity index (χ2v) is 5.46. The van der Waals surface area contributed by atoms with Crippen molar-refractivity contribution >= 4 is 22.5 Å². The van der Waals surface area contributed by atoms with E-state index in [0.717, 1.165) is 11.2 Å². The van der Waals surface area contributed by atoms with E-state index in [-0.39, 0.29) is 5.91 Å². The Morgan fingerprint density at radius 1 is 1.30 bits per heavy atom. The first-order chi connectivity index (χ1) is 11.1. The summed E-state index contributed by atoms with van der Waals surface area (Å²) >= 11 is 0. The zero-order valence-electron chi connectivity index (χ0n) is 13.5. The average Bonchev–Trinajstić information content (AvgIpc) is 3.06. The minimum atomic E-state index is -0.0582. The predicted molar refractivity (Wildman–Crippen MR) is 89.7 cm³/mol.